The van der Waals surface area contributed by atoms with Gasteiger partial charge >= 0.3 is 6.09 Å². The fraction of sp³-hybridized carbons (Fsp3) is 0.370. The molecule has 4 rings (SSSR count). The molecule has 0 bridgehead atoms. The van der Waals surface area contributed by atoms with Crippen molar-refractivity contribution >= 4 is 46.5 Å². The number of hydrogen-bond acceptors (Lipinski definition) is 5. The van der Waals surface area contributed by atoms with E-state index in [-0.39, 0.29) is 5.69 Å². The van der Waals surface area contributed by atoms with Crippen molar-refractivity contribution in [3.63, 3.8) is 0 Å². The molecule has 1 fully saturated rings. The Morgan fingerprint density at radius 1 is 1.18 bits per heavy atom. The molecule has 200 valence electrons. The first-order valence-corrected chi connectivity index (χ1v) is 14.1. The van der Waals surface area contributed by atoms with E-state index in [4.69, 9.17) is 28.3 Å². The summed E-state index contributed by atoms with van der Waals surface area (Å²) in [5, 5.41) is 19.4. The van der Waals surface area contributed by atoms with Crippen molar-refractivity contribution in [1.82, 2.24) is 25.5 Å². The minimum Gasteiger partial charge on any atom is -0.465 e. The molecule has 11 heteroatoms. The van der Waals surface area contributed by atoms with Gasteiger partial charge in [-0.2, -0.15) is 5.10 Å². The summed E-state index contributed by atoms with van der Waals surface area (Å²) in [6.07, 6.45) is 3.64. The molecule has 0 aliphatic carbocycles. The summed E-state index contributed by atoms with van der Waals surface area (Å²) in [6.45, 7) is 5.24. The Morgan fingerprint density at radius 2 is 1.95 bits per heavy atom. The van der Waals surface area contributed by atoms with Crippen LogP contribution in [0.4, 0.5) is 4.79 Å². The fourth-order valence-corrected chi connectivity index (χ4v) is 5.75. The largest absolute Gasteiger partial charge is 0.465 e. The summed E-state index contributed by atoms with van der Waals surface area (Å²) < 4.78 is 1.59. The monoisotopic (exact) mass is 573 g/mol. The van der Waals surface area contributed by atoms with Crippen LogP contribution in [0.1, 0.15) is 72.9 Å². The average molecular weight is 575 g/mol. The fourth-order valence-electron chi connectivity index (χ4n) is 4.34. The number of amides is 2. The number of piperidine rings is 1. The maximum Gasteiger partial charge on any atom is 0.405 e. The zero-order chi connectivity index (χ0) is 27.2. The number of nitrogens with one attached hydrogen (secondary N) is 2. The lowest BCUT2D eigenvalue weighted by molar-refractivity contribution is 0.0742. The van der Waals surface area contributed by atoms with Crippen molar-refractivity contribution in [1.29, 1.82) is 0 Å². The van der Waals surface area contributed by atoms with Gasteiger partial charge in [0.1, 0.15) is 0 Å². The molecule has 8 nitrogen and oxygen atoms in total. The smallest absolute Gasteiger partial charge is 0.405 e. The Hall–Kier alpha value is -3.03. The predicted molar refractivity (Wildman–Crippen MR) is 151 cm³/mol. The van der Waals surface area contributed by atoms with Gasteiger partial charge in [0.05, 0.1) is 32.2 Å². The molecular weight excluding hydrogens is 545 g/mol. The van der Waals surface area contributed by atoms with Crippen molar-refractivity contribution in [2.75, 3.05) is 13.1 Å². The van der Waals surface area contributed by atoms with Gasteiger partial charge in [-0.15, -0.1) is 11.3 Å². The van der Waals surface area contributed by atoms with Gasteiger partial charge < -0.3 is 10.4 Å². The minimum atomic E-state index is -1.21. The molecule has 3 aromatic rings. The highest BCUT2D eigenvalue weighted by Gasteiger charge is 2.31. The number of aromatic nitrogens is 2. The van der Waals surface area contributed by atoms with Crippen molar-refractivity contribution in [2.24, 2.45) is 0 Å². The van der Waals surface area contributed by atoms with Crippen molar-refractivity contribution in [2.45, 2.75) is 52.0 Å². The van der Waals surface area contributed by atoms with Gasteiger partial charge in [0.25, 0.3) is 5.91 Å². The second kappa shape index (κ2) is 12.7. The quantitative estimate of drug-likeness (QED) is 0.279. The topological polar surface area (TPSA) is 99.5 Å². The van der Waals surface area contributed by atoms with Gasteiger partial charge in [0.2, 0.25) is 0 Å². The zero-order valence-electron chi connectivity index (χ0n) is 21.2. The summed E-state index contributed by atoms with van der Waals surface area (Å²) in [5.41, 5.74) is 4.60. The summed E-state index contributed by atoms with van der Waals surface area (Å²) in [7, 11) is 0. The summed E-state index contributed by atoms with van der Waals surface area (Å²) in [4.78, 5) is 26.9. The molecule has 38 heavy (non-hydrogen) atoms. The molecule has 3 heterocycles. The normalized spacial score (nSPS) is 14.4. The van der Waals surface area contributed by atoms with Crippen molar-refractivity contribution in [3.8, 4) is 28.1 Å². The Bertz CT molecular complexity index is 1380. The van der Waals surface area contributed by atoms with E-state index < -0.39 is 18.0 Å². The molecule has 2 amide bonds. The molecule has 1 unspecified atom stereocenters. The molecule has 0 spiro atoms. The van der Waals surface area contributed by atoms with E-state index in [0.29, 0.717) is 27.0 Å². The third-order valence-electron chi connectivity index (χ3n) is 6.09. The number of unbranched alkanes of at least 4 members (excludes halogenated alkanes) is 1. The Morgan fingerprint density at radius 3 is 2.63 bits per heavy atom. The van der Waals surface area contributed by atoms with E-state index in [0.717, 1.165) is 54.9 Å². The Labute approximate surface area is 235 Å². The van der Waals surface area contributed by atoms with Gasteiger partial charge in [-0.1, -0.05) is 48.4 Å². The summed E-state index contributed by atoms with van der Waals surface area (Å²) in [5.74, 6) is 5.92. The van der Waals surface area contributed by atoms with Crippen LogP contribution in [0.3, 0.4) is 0 Å². The molecule has 1 aliphatic heterocycles. The SMILES string of the molecule is CCCC#Cc1ccc(-c2c(C(C)NC(=O)O)c(C(=O)NN3CCCCC3)nn2-c2ccc(Cl)cc2Cl)s1. The van der Waals surface area contributed by atoms with Crippen LogP contribution in [0, 0.1) is 11.8 Å². The van der Waals surface area contributed by atoms with Gasteiger partial charge in [0, 0.05) is 30.1 Å². The number of hydrogen-bond donors (Lipinski definition) is 3. The van der Waals surface area contributed by atoms with E-state index in [1.54, 1.807) is 29.8 Å². The molecule has 1 atom stereocenters. The number of carboxylic acid groups (broad SMARTS) is 1. The van der Waals surface area contributed by atoms with Crippen LogP contribution in [0.2, 0.25) is 10.0 Å². The van der Waals surface area contributed by atoms with Crippen LogP contribution in [0.15, 0.2) is 30.3 Å². The number of rotatable bonds is 7. The molecular formula is C27H29Cl2N5O3S. The first kappa shape index (κ1) is 28.0. The number of carbonyl (C=O) groups is 2. The standard InChI is InChI=1S/C27H29Cl2N5O3S/c1-3-4-6-9-19-11-13-22(38-19)25-23(17(2)30-27(36)37)24(26(35)32-33-14-7-5-8-15-33)31-34(25)21-12-10-18(28)16-20(21)29/h10-13,16-17,30H,3-5,7-8,14-15H2,1-2H3,(H,32,35)(H,36,37). The van der Waals surface area contributed by atoms with Crippen LogP contribution in [0.25, 0.3) is 16.3 Å². The Balaban J connectivity index is 1.90. The highest BCUT2D eigenvalue weighted by molar-refractivity contribution is 7.16. The highest BCUT2D eigenvalue weighted by atomic mass is 35.5. The van der Waals surface area contributed by atoms with Crippen LogP contribution >= 0.6 is 34.5 Å². The molecule has 1 saturated heterocycles. The number of nitrogens with zero attached hydrogens (tertiary/aromatic N) is 3. The number of benzene rings is 1. The molecule has 1 aliphatic rings. The lowest BCUT2D eigenvalue weighted by Gasteiger charge is -2.26. The first-order valence-electron chi connectivity index (χ1n) is 12.5. The van der Waals surface area contributed by atoms with Crippen LogP contribution in [-0.4, -0.2) is 45.0 Å². The third kappa shape index (κ3) is 6.51. The van der Waals surface area contributed by atoms with E-state index in [1.165, 1.54) is 11.3 Å². The first-order chi connectivity index (χ1) is 18.3. The van der Waals surface area contributed by atoms with E-state index in [9.17, 15) is 14.7 Å². The van der Waals surface area contributed by atoms with Gasteiger partial charge in [-0.3, -0.25) is 10.2 Å². The zero-order valence-corrected chi connectivity index (χ0v) is 23.5. The van der Waals surface area contributed by atoms with Gasteiger partial charge in [-0.25, -0.2) is 14.5 Å². The number of carbonyl (C=O) groups excluding carboxylic acids is 1. The summed E-state index contributed by atoms with van der Waals surface area (Å²) >= 11 is 14.2. The maximum absolute atomic E-state index is 13.6. The number of hydrazine groups is 1. The lowest BCUT2D eigenvalue weighted by atomic mass is 10.0. The molecule has 2 aromatic heterocycles. The number of thiophene rings is 1. The van der Waals surface area contributed by atoms with Crippen molar-refractivity contribution < 1.29 is 14.7 Å². The molecule has 1 aromatic carbocycles. The second-order valence-corrected chi connectivity index (χ2v) is 10.9. The highest BCUT2D eigenvalue weighted by Crippen LogP contribution is 2.39. The maximum atomic E-state index is 13.6. The van der Waals surface area contributed by atoms with Crippen LogP contribution in [-0.2, 0) is 0 Å². The summed E-state index contributed by atoms with van der Waals surface area (Å²) in [6, 6.07) is 8.09. The minimum absolute atomic E-state index is 0.116. The van der Waals surface area contributed by atoms with E-state index >= 15 is 0 Å². The molecule has 3 N–H and O–H groups in total. The lowest BCUT2D eigenvalue weighted by Crippen LogP contribution is -2.45. The van der Waals surface area contributed by atoms with Crippen molar-refractivity contribution in [3.05, 3.63) is 56.5 Å². The van der Waals surface area contributed by atoms with Crippen LogP contribution < -0.4 is 10.7 Å². The second-order valence-electron chi connectivity index (χ2n) is 8.99. The van der Waals surface area contributed by atoms with E-state index in [1.807, 2.05) is 17.1 Å². The molecule has 0 saturated carbocycles. The van der Waals surface area contributed by atoms with Gasteiger partial charge in [-0.05, 0) is 56.5 Å². The van der Waals surface area contributed by atoms with Crippen LogP contribution in [0.5, 0.6) is 0 Å². The van der Waals surface area contributed by atoms with E-state index in [2.05, 4.69) is 29.5 Å². The average Bonchev–Trinajstić information content (AvgIpc) is 3.49. The number of halogens is 2. The third-order valence-corrected chi connectivity index (χ3v) is 7.63. The van der Waals surface area contributed by atoms with Gasteiger partial charge in [0.15, 0.2) is 5.69 Å². The predicted octanol–water partition coefficient (Wildman–Crippen LogP) is 6.52. The molecule has 0 radical (unpaired) electrons. The Kier molecular flexibility index (Phi) is 9.34.